The summed E-state index contributed by atoms with van der Waals surface area (Å²) in [4.78, 5) is 14.8. The summed E-state index contributed by atoms with van der Waals surface area (Å²) in [6.45, 7) is 15.8. The monoisotopic (exact) mass is 602 g/mol. The number of nitrogens with zero attached hydrogens (tertiary/aromatic N) is 1. The summed E-state index contributed by atoms with van der Waals surface area (Å²) in [5.41, 5.74) is 1.34. The zero-order chi connectivity index (χ0) is 25.0. The van der Waals surface area contributed by atoms with E-state index < -0.39 is 19.9 Å². The molecule has 0 radical (unpaired) electrons. The topological polar surface area (TPSA) is 30.7 Å². The quantitative estimate of drug-likeness (QED) is 0.253. The van der Waals surface area contributed by atoms with Gasteiger partial charge in [0.15, 0.2) is 14.1 Å². The molecule has 0 aromatic heterocycles. The van der Waals surface area contributed by atoms with Gasteiger partial charge in [-0.2, -0.15) is 0 Å². The van der Waals surface area contributed by atoms with Gasteiger partial charge in [0.2, 0.25) is 0 Å². The van der Waals surface area contributed by atoms with Crippen LogP contribution in [0, 0.1) is 18.2 Å². The number of hydrogen-bond donors (Lipinski definition) is 0. The van der Waals surface area contributed by atoms with Crippen molar-refractivity contribution in [1.82, 2.24) is 0 Å². The van der Waals surface area contributed by atoms with E-state index in [1.165, 1.54) is 12.1 Å². The van der Waals surface area contributed by atoms with Gasteiger partial charge >= 0.3 is 5.72 Å². The first-order valence-corrected chi connectivity index (χ1v) is 15.2. The lowest BCUT2D eigenvalue weighted by Crippen LogP contribution is -2.37. The van der Waals surface area contributed by atoms with Crippen LogP contribution in [0.4, 0.5) is 8.78 Å². The third-order valence-electron chi connectivity index (χ3n) is 4.95. The minimum atomic E-state index is -1.91. The van der Waals surface area contributed by atoms with Crippen molar-refractivity contribution in [2.75, 3.05) is 0 Å². The SMILES string of the molecule is C.O=C1CCc2cc(Br)cc(F)c21.[2H]CC.[C-]#[N+]C1(O[Si](C)(C)C)CCc2cc(Br)cc(F)c21. The Kier molecular flexibility index (Phi) is 9.98. The lowest BCUT2D eigenvalue weighted by Gasteiger charge is -2.26. The summed E-state index contributed by atoms with van der Waals surface area (Å²) in [6.07, 6.45) is 2.36. The highest BCUT2D eigenvalue weighted by atomic mass is 79.9. The van der Waals surface area contributed by atoms with E-state index in [0.29, 0.717) is 52.7 Å². The number of fused-ring (bicyclic) bond motifs is 2. The minimum absolute atomic E-state index is 0. The molecule has 0 fully saturated rings. The molecule has 0 heterocycles. The van der Waals surface area contributed by atoms with Crippen molar-refractivity contribution >= 4 is 46.0 Å². The Bertz CT molecular complexity index is 1090. The average Bonchev–Trinajstić information content (AvgIpc) is 3.23. The highest BCUT2D eigenvalue weighted by Gasteiger charge is 2.51. The molecule has 2 aliphatic carbocycles. The van der Waals surface area contributed by atoms with E-state index in [4.69, 9.17) is 12.4 Å². The number of rotatable bonds is 2. The Morgan fingerprint density at radius 1 is 1.06 bits per heavy atom. The Hall–Kier alpha value is -1.40. The van der Waals surface area contributed by atoms with Gasteiger partial charge in [-0.05, 0) is 67.9 Å². The molecule has 2 aliphatic rings. The predicted molar refractivity (Wildman–Crippen MR) is 140 cm³/mol. The molecule has 0 aliphatic heterocycles. The van der Waals surface area contributed by atoms with Crippen LogP contribution in [0.3, 0.4) is 0 Å². The number of carbonyl (C=O) groups excluding carboxylic acids is 1. The molecule has 0 N–H and O–H groups in total. The van der Waals surface area contributed by atoms with Crippen molar-refractivity contribution in [3.63, 3.8) is 0 Å². The van der Waals surface area contributed by atoms with Crippen LogP contribution in [0.2, 0.25) is 19.6 Å². The van der Waals surface area contributed by atoms with E-state index >= 15 is 0 Å². The Balaban J connectivity index is 0.000000313. The van der Waals surface area contributed by atoms with E-state index in [1.54, 1.807) is 6.92 Å². The number of hydrogen-bond acceptors (Lipinski definition) is 2. The van der Waals surface area contributed by atoms with Gasteiger partial charge in [0.1, 0.15) is 17.2 Å². The van der Waals surface area contributed by atoms with Gasteiger partial charge in [-0.3, -0.25) is 9.64 Å². The molecule has 0 bridgehead atoms. The summed E-state index contributed by atoms with van der Waals surface area (Å²) in [7, 11) is -1.91. The third-order valence-corrected chi connectivity index (χ3v) is 6.82. The van der Waals surface area contributed by atoms with E-state index in [-0.39, 0.29) is 19.0 Å². The highest BCUT2D eigenvalue weighted by molar-refractivity contribution is 9.10. The van der Waals surface area contributed by atoms with Crippen LogP contribution in [-0.2, 0) is 23.0 Å². The molecule has 0 amide bonds. The summed E-state index contributed by atoms with van der Waals surface area (Å²) in [5, 5.41) is 0. The molecule has 0 spiro atoms. The van der Waals surface area contributed by atoms with E-state index in [1.807, 2.05) is 31.8 Å². The molecule has 2 aromatic rings. The Labute approximate surface area is 215 Å². The number of carbonyl (C=O) groups is 1. The summed E-state index contributed by atoms with van der Waals surface area (Å²) in [6, 6.07) is 6.45. The largest absolute Gasteiger partial charge is 0.358 e. The second-order valence-electron chi connectivity index (χ2n) is 8.38. The summed E-state index contributed by atoms with van der Waals surface area (Å²) >= 11 is 6.47. The maximum Gasteiger partial charge on any atom is 0.358 e. The maximum atomic E-state index is 14.2. The maximum absolute atomic E-state index is 14.2. The first-order valence-electron chi connectivity index (χ1n) is 11.0. The standard InChI is InChI=1S/C13H15BrFNOSi.C9H6BrFO.C2H6.CH4/c1-16-13(17-18(2,3)4)6-5-9-7-10(14)8-11(15)12(9)13;10-6-3-5-1-2-8(12)9(5)7(11)4-6;1-2;/h7-8H,5-6H2,2-4H3;3-4H,1-2H2;1-2H3;1H4/i;;1D;. The van der Waals surface area contributed by atoms with Gasteiger partial charge in [0.25, 0.3) is 0 Å². The van der Waals surface area contributed by atoms with Gasteiger partial charge in [-0.15, -0.1) is 0 Å². The number of benzene rings is 2. The third kappa shape index (κ3) is 6.81. The van der Waals surface area contributed by atoms with Gasteiger partial charge in [-0.1, -0.05) is 53.1 Å². The van der Waals surface area contributed by atoms with Crippen LogP contribution in [0.1, 0.15) is 62.5 Å². The van der Waals surface area contributed by atoms with E-state index in [2.05, 4.69) is 36.7 Å². The normalized spacial score (nSPS) is 18.4. The molecule has 2 aromatic carbocycles. The molecule has 3 nitrogen and oxygen atoms in total. The molecule has 4 rings (SSSR count). The molecular formula is C25H31Br2F2NO2Si. The first-order chi connectivity index (χ1) is 15.4. The number of aryl methyl sites for hydroxylation is 2. The van der Waals surface area contributed by atoms with Crippen LogP contribution in [0.15, 0.2) is 33.2 Å². The first kappa shape index (κ1) is 27.8. The molecular weight excluding hydrogens is 572 g/mol. The Morgan fingerprint density at radius 3 is 2.15 bits per heavy atom. The fourth-order valence-electron chi connectivity index (χ4n) is 3.94. The molecule has 0 saturated carbocycles. The van der Waals surface area contributed by atoms with Gasteiger partial charge in [0.05, 0.1) is 12.0 Å². The lowest BCUT2D eigenvalue weighted by molar-refractivity contribution is 0.0990. The van der Waals surface area contributed by atoms with Crippen molar-refractivity contribution < 1.29 is 19.4 Å². The van der Waals surface area contributed by atoms with Crippen LogP contribution in [0.25, 0.3) is 4.85 Å². The number of Topliss-reactive ketones (excluding diaryl/α,β-unsaturated/α-hetero) is 1. The number of halogens is 4. The second kappa shape index (κ2) is 11.8. The lowest BCUT2D eigenvalue weighted by atomic mass is 10.1. The van der Waals surface area contributed by atoms with Crippen LogP contribution >= 0.6 is 31.9 Å². The Morgan fingerprint density at radius 2 is 1.61 bits per heavy atom. The van der Waals surface area contributed by atoms with E-state index in [9.17, 15) is 13.6 Å². The van der Waals surface area contributed by atoms with Crippen molar-refractivity contribution in [2.45, 2.75) is 72.3 Å². The zero-order valence-corrected chi connectivity index (χ0v) is 22.8. The molecule has 180 valence electrons. The predicted octanol–water partition coefficient (Wildman–Crippen LogP) is 8.84. The summed E-state index contributed by atoms with van der Waals surface area (Å²) < 4.78 is 41.0. The van der Waals surface area contributed by atoms with Crippen molar-refractivity contribution in [1.29, 1.82) is 0 Å². The zero-order valence-electron chi connectivity index (χ0n) is 19.6. The summed E-state index contributed by atoms with van der Waals surface area (Å²) in [5.74, 6) is -0.817. The highest BCUT2D eigenvalue weighted by Crippen LogP contribution is 2.45. The molecule has 8 heteroatoms. The molecule has 1 atom stereocenters. The molecule has 1 unspecified atom stereocenters. The van der Waals surface area contributed by atoms with Crippen molar-refractivity contribution in [2.24, 2.45) is 0 Å². The minimum Gasteiger partial charge on any atom is -0.347 e. The van der Waals surface area contributed by atoms with Crippen LogP contribution in [-0.4, -0.2) is 14.1 Å². The average molecular weight is 604 g/mol. The van der Waals surface area contributed by atoms with Crippen LogP contribution in [0.5, 0.6) is 0 Å². The van der Waals surface area contributed by atoms with Crippen molar-refractivity contribution in [3.05, 3.63) is 78.5 Å². The van der Waals surface area contributed by atoms with Gasteiger partial charge in [0, 0.05) is 16.7 Å². The fraction of sp³-hybridized carbons (Fsp3) is 0.440. The molecule has 0 saturated heterocycles. The smallest absolute Gasteiger partial charge is 0.347 e. The fourth-order valence-corrected chi connectivity index (χ4v) is 6.16. The van der Waals surface area contributed by atoms with Gasteiger partial charge < -0.3 is 4.43 Å². The molecule has 33 heavy (non-hydrogen) atoms. The van der Waals surface area contributed by atoms with Gasteiger partial charge in [-0.25, -0.2) is 15.4 Å². The second-order valence-corrected chi connectivity index (χ2v) is 14.6. The van der Waals surface area contributed by atoms with Crippen LogP contribution < -0.4 is 0 Å². The van der Waals surface area contributed by atoms with E-state index in [0.717, 1.165) is 11.1 Å². The number of ketones is 1. The van der Waals surface area contributed by atoms with Crippen molar-refractivity contribution in [3.8, 4) is 0 Å².